The zero-order valence-electron chi connectivity index (χ0n) is 12.0. The van der Waals surface area contributed by atoms with Gasteiger partial charge in [-0.05, 0) is 37.6 Å². The van der Waals surface area contributed by atoms with E-state index in [2.05, 4.69) is 10.4 Å². The van der Waals surface area contributed by atoms with Crippen molar-refractivity contribution in [1.82, 2.24) is 15.1 Å². The molecule has 0 saturated heterocycles. The highest BCUT2D eigenvalue weighted by Gasteiger charge is 2.08. The summed E-state index contributed by atoms with van der Waals surface area (Å²) in [5, 5.41) is 6.92. The molecular weight excluding hydrogens is 273 g/mol. The molecule has 6 heteroatoms. The fraction of sp³-hybridized carbons (Fsp3) is 0.333. The fourth-order valence-corrected chi connectivity index (χ4v) is 1.69. The van der Waals surface area contributed by atoms with Crippen molar-refractivity contribution in [3.05, 3.63) is 42.5 Å². The van der Waals surface area contributed by atoms with E-state index >= 15 is 0 Å². The normalized spacial score (nSPS) is 12.0. The summed E-state index contributed by atoms with van der Waals surface area (Å²) in [7, 11) is 0. The predicted octanol–water partition coefficient (Wildman–Crippen LogP) is 2.73. The highest BCUT2D eigenvalue weighted by molar-refractivity contribution is 5.75. The number of aromatic nitrogens is 2. The number of nitrogens with one attached hydrogen (secondary N) is 1. The third kappa shape index (κ3) is 4.59. The van der Waals surface area contributed by atoms with Gasteiger partial charge in [-0.3, -0.25) is 9.48 Å². The van der Waals surface area contributed by atoms with Gasteiger partial charge in [0.05, 0.1) is 12.4 Å². The molecule has 0 bridgehead atoms. The van der Waals surface area contributed by atoms with Gasteiger partial charge in [0.1, 0.15) is 18.1 Å². The summed E-state index contributed by atoms with van der Waals surface area (Å²) in [6.07, 6.45) is 4.02. The lowest BCUT2D eigenvalue weighted by molar-refractivity contribution is -0.122. The van der Waals surface area contributed by atoms with Gasteiger partial charge < -0.3 is 10.1 Å². The Morgan fingerprint density at radius 2 is 2.10 bits per heavy atom. The lowest BCUT2D eigenvalue weighted by atomic mass is 10.2. The van der Waals surface area contributed by atoms with Crippen LogP contribution in [0, 0.1) is 5.82 Å². The van der Waals surface area contributed by atoms with Crippen molar-refractivity contribution in [2.24, 2.45) is 0 Å². The van der Waals surface area contributed by atoms with Crippen LogP contribution in [0.3, 0.4) is 0 Å². The minimum atomic E-state index is -0.320. The third-order valence-corrected chi connectivity index (χ3v) is 2.98. The number of rotatable bonds is 6. The first-order valence-corrected chi connectivity index (χ1v) is 6.82. The van der Waals surface area contributed by atoms with Gasteiger partial charge in [0, 0.05) is 6.04 Å². The largest absolute Gasteiger partial charge is 0.454 e. The number of carbonyl (C=O) groups excluding carboxylic acids is 1. The van der Waals surface area contributed by atoms with Crippen LogP contribution in [0.2, 0.25) is 0 Å². The number of carbonyl (C=O) groups is 1. The Bertz CT molecular complexity index is 595. The van der Waals surface area contributed by atoms with Crippen LogP contribution in [0.15, 0.2) is 36.7 Å². The van der Waals surface area contributed by atoms with Gasteiger partial charge in [-0.15, -0.1) is 0 Å². The molecule has 1 heterocycles. The molecule has 0 radical (unpaired) electrons. The van der Waals surface area contributed by atoms with E-state index in [1.165, 1.54) is 35.1 Å². The topological polar surface area (TPSA) is 56.2 Å². The monoisotopic (exact) mass is 291 g/mol. The summed E-state index contributed by atoms with van der Waals surface area (Å²) in [4.78, 5) is 11.7. The van der Waals surface area contributed by atoms with Gasteiger partial charge in [-0.2, -0.15) is 5.10 Å². The van der Waals surface area contributed by atoms with Crippen molar-refractivity contribution < 1.29 is 13.9 Å². The number of ether oxygens (including phenoxy) is 1. The molecule has 0 fully saturated rings. The summed E-state index contributed by atoms with van der Waals surface area (Å²) >= 11 is 0. The summed E-state index contributed by atoms with van der Waals surface area (Å²) in [6.45, 7) is 4.09. The Morgan fingerprint density at radius 3 is 2.76 bits per heavy atom. The standard InChI is InChI=1S/C15H18FN3O2/c1-3-11(2)18-15(20)10-19-9-14(8-17-19)21-13-6-4-12(16)5-7-13/h4-9,11H,3,10H2,1-2H3,(H,18,20). The van der Waals surface area contributed by atoms with E-state index in [0.717, 1.165) is 6.42 Å². The first kappa shape index (κ1) is 15.0. The number of hydrogen-bond donors (Lipinski definition) is 1. The predicted molar refractivity (Wildman–Crippen MR) is 76.6 cm³/mol. The quantitative estimate of drug-likeness (QED) is 0.890. The maximum Gasteiger partial charge on any atom is 0.241 e. The molecule has 1 atom stereocenters. The van der Waals surface area contributed by atoms with Gasteiger partial charge >= 0.3 is 0 Å². The zero-order valence-corrected chi connectivity index (χ0v) is 12.0. The van der Waals surface area contributed by atoms with E-state index in [1.54, 1.807) is 6.20 Å². The van der Waals surface area contributed by atoms with Gasteiger partial charge in [-0.25, -0.2) is 4.39 Å². The summed E-state index contributed by atoms with van der Waals surface area (Å²) < 4.78 is 19.8. The third-order valence-electron chi connectivity index (χ3n) is 2.98. The number of halogens is 1. The Labute approximate surface area is 122 Å². The Kier molecular flexibility index (Phi) is 4.92. The van der Waals surface area contributed by atoms with E-state index < -0.39 is 0 Å². The van der Waals surface area contributed by atoms with E-state index in [-0.39, 0.29) is 24.3 Å². The molecule has 0 aliphatic heterocycles. The van der Waals surface area contributed by atoms with Crippen molar-refractivity contribution in [3.8, 4) is 11.5 Å². The minimum Gasteiger partial charge on any atom is -0.454 e. The van der Waals surface area contributed by atoms with Gasteiger partial charge in [0.25, 0.3) is 0 Å². The first-order valence-electron chi connectivity index (χ1n) is 6.82. The molecule has 2 aromatic rings. The van der Waals surface area contributed by atoms with Crippen LogP contribution >= 0.6 is 0 Å². The molecule has 1 amide bonds. The average molecular weight is 291 g/mol. The SMILES string of the molecule is CCC(C)NC(=O)Cn1cc(Oc2ccc(F)cc2)cn1. The fourth-order valence-electron chi connectivity index (χ4n) is 1.69. The second-order valence-corrected chi connectivity index (χ2v) is 4.81. The highest BCUT2D eigenvalue weighted by Crippen LogP contribution is 2.20. The van der Waals surface area contributed by atoms with Gasteiger partial charge in [0.2, 0.25) is 5.91 Å². The van der Waals surface area contributed by atoms with Crippen LogP contribution in [-0.2, 0) is 11.3 Å². The van der Waals surface area contributed by atoms with Crippen molar-refractivity contribution in [3.63, 3.8) is 0 Å². The molecule has 0 aliphatic rings. The van der Waals surface area contributed by atoms with Crippen LogP contribution < -0.4 is 10.1 Å². The summed E-state index contributed by atoms with van der Waals surface area (Å²) in [5.41, 5.74) is 0. The van der Waals surface area contributed by atoms with Crippen LogP contribution in [0.5, 0.6) is 11.5 Å². The minimum absolute atomic E-state index is 0.0965. The molecule has 0 spiro atoms. The maximum absolute atomic E-state index is 12.8. The summed E-state index contributed by atoms with van der Waals surface area (Å²) in [5.74, 6) is 0.596. The molecule has 2 rings (SSSR count). The average Bonchev–Trinajstić information content (AvgIpc) is 2.88. The number of hydrogen-bond acceptors (Lipinski definition) is 3. The molecule has 0 aliphatic carbocycles. The van der Waals surface area contributed by atoms with E-state index in [1.807, 2.05) is 13.8 Å². The zero-order chi connectivity index (χ0) is 15.2. The molecule has 1 aromatic heterocycles. The van der Waals surface area contributed by atoms with Crippen LogP contribution in [0.4, 0.5) is 4.39 Å². The van der Waals surface area contributed by atoms with Crippen molar-refractivity contribution >= 4 is 5.91 Å². The number of benzene rings is 1. The second-order valence-electron chi connectivity index (χ2n) is 4.81. The van der Waals surface area contributed by atoms with Crippen molar-refractivity contribution in [2.75, 3.05) is 0 Å². The molecular formula is C15H18FN3O2. The number of amides is 1. The lowest BCUT2D eigenvalue weighted by Gasteiger charge is -2.10. The molecule has 1 aromatic carbocycles. The van der Waals surface area contributed by atoms with Gasteiger partial charge in [-0.1, -0.05) is 6.92 Å². The molecule has 0 saturated carbocycles. The van der Waals surface area contributed by atoms with Crippen LogP contribution in [0.1, 0.15) is 20.3 Å². The second kappa shape index (κ2) is 6.88. The molecule has 112 valence electrons. The highest BCUT2D eigenvalue weighted by atomic mass is 19.1. The van der Waals surface area contributed by atoms with E-state index in [0.29, 0.717) is 11.5 Å². The Hall–Kier alpha value is -2.37. The van der Waals surface area contributed by atoms with Crippen LogP contribution in [0.25, 0.3) is 0 Å². The van der Waals surface area contributed by atoms with Crippen LogP contribution in [-0.4, -0.2) is 21.7 Å². The molecule has 21 heavy (non-hydrogen) atoms. The summed E-state index contributed by atoms with van der Waals surface area (Å²) in [6, 6.07) is 5.84. The maximum atomic E-state index is 12.8. The van der Waals surface area contributed by atoms with Gasteiger partial charge in [0.15, 0.2) is 5.75 Å². The van der Waals surface area contributed by atoms with E-state index in [4.69, 9.17) is 4.74 Å². The van der Waals surface area contributed by atoms with E-state index in [9.17, 15) is 9.18 Å². The molecule has 1 unspecified atom stereocenters. The van der Waals surface area contributed by atoms with Crippen molar-refractivity contribution in [2.45, 2.75) is 32.9 Å². The number of nitrogens with zero attached hydrogens (tertiary/aromatic N) is 2. The first-order chi connectivity index (χ1) is 10.1. The Balaban J connectivity index is 1.92. The molecule has 1 N–H and O–H groups in total. The smallest absolute Gasteiger partial charge is 0.241 e. The molecule has 5 nitrogen and oxygen atoms in total. The Morgan fingerprint density at radius 1 is 1.38 bits per heavy atom. The lowest BCUT2D eigenvalue weighted by Crippen LogP contribution is -2.34. The van der Waals surface area contributed by atoms with Crippen molar-refractivity contribution in [1.29, 1.82) is 0 Å².